The van der Waals surface area contributed by atoms with Gasteiger partial charge in [-0.2, -0.15) is 0 Å². The summed E-state index contributed by atoms with van der Waals surface area (Å²) in [7, 11) is 0. The first-order chi connectivity index (χ1) is 30.3. The maximum atomic E-state index is 13.1. The lowest BCUT2D eigenvalue weighted by atomic mass is 9.99. The molecule has 10 heteroatoms. The van der Waals surface area contributed by atoms with Crippen LogP contribution in [0.2, 0.25) is 0 Å². The molecule has 62 heavy (non-hydrogen) atoms. The minimum absolute atomic E-state index is 0.297. The van der Waals surface area contributed by atoms with Gasteiger partial charge in [0.25, 0.3) is 0 Å². The molecule has 0 spiro atoms. The number of aliphatic hydroxyl groups excluding tert-OH is 6. The van der Waals surface area contributed by atoms with Gasteiger partial charge in [0.05, 0.1) is 25.4 Å². The van der Waals surface area contributed by atoms with Gasteiger partial charge >= 0.3 is 0 Å². The number of carbonyl (C=O) groups is 1. The molecule has 1 rings (SSSR count). The van der Waals surface area contributed by atoms with Gasteiger partial charge in [0.1, 0.15) is 30.5 Å². The Morgan fingerprint density at radius 2 is 0.968 bits per heavy atom. The zero-order valence-corrected chi connectivity index (χ0v) is 39.5. The summed E-state index contributed by atoms with van der Waals surface area (Å²) in [6.07, 6.45) is 43.6. The van der Waals surface area contributed by atoms with Crippen LogP contribution in [0, 0.1) is 0 Å². The van der Waals surface area contributed by atoms with Crippen LogP contribution in [-0.4, -0.2) is 98.7 Å². The van der Waals surface area contributed by atoms with E-state index in [9.17, 15) is 35.4 Å². The quantitative estimate of drug-likeness (QED) is 0.0233. The number of aliphatic hydroxyl groups is 6. The van der Waals surface area contributed by atoms with E-state index in [1.165, 1.54) is 135 Å². The summed E-state index contributed by atoms with van der Waals surface area (Å²) in [5, 5.41) is 64.7. The van der Waals surface area contributed by atoms with Crippen LogP contribution in [0.15, 0.2) is 48.6 Å². The van der Waals surface area contributed by atoms with Crippen molar-refractivity contribution < 1.29 is 44.9 Å². The topological polar surface area (TPSA) is 169 Å². The van der Waals surface area contributed by atoms with Crippen molar-refractivity contribution in [3.63, 3.8) is 0 Å². The van der Waals surface area contributed by atoms with E-state index in [1.807, 2.05) is 6.08 Å². The van der Waals surface area contributed by atoms with Gasteiger partial charge in [0, 0.05) is 0 Å². The SMILES string of the molecule is CCCC/C=C/CC/C=C/CC/C=C/C(O)C(COC1OC(CO)C(O)C(O)C1O)NC(=O)C(O)CCCCCCCCCCC/C=C\CCCCCCCCCCCCCC. The molecule has 0 aromatic rings. The Labute approximate surface area is 378 Å². The summed E-state index contributed by atoms with van der Waals surface area (Å²) >= 11 is 0. The van der Waals surface area contributed by atoms with E-state index in [4.69, 9.17) is 9.47 Å². The largest absolute Gasteiger partial charge is 0.394 e. The monoisotopic (exact) mass is 878 g/mol. The number of amides is 1. The van der Waals surface area contributed by atoms with E-state index in [-0.39, 0.29) is 6.61 Å². The van der Waals surface area contributed by atoms with Crippen LogP contribution < -0.4 is 5.32 Å². The molecule has 362 valence electrons. The zero-order chi connectivity index (χ0) is 45.3. The lowest BCUT2D eigenvalue weighted by Gasteiger charge is -2.40. The third kappa shape index (κ3) is 31.1. The van der Waals surface area contributed by atoms with E-state index in [1.54, 1.807) is 6.08 Å². The highest BCUT2D eigenvalue weighted by Crippen LogP contribution is 2.23. The Morgan fingerprint density at radius 3 is 1.45 bits per heavy atom. The molecule has 1 heterocycles. The summed E-state index contributed by atoms with van der Waals surface area (Å²) in [4.78, 5) is 13.1. The van der Waals surface area contributed by atoms with Gasteiger partial charge < -0.3 is 45.4 Å². The van der Waals surface area contributed by atoms with Crippen molar-refractivity contribution in [1.82, 2.24) is 5.32 Å². The van der Waals surface area contributed by atoms with Crippen LogP contribution in [0.3, 0.4) is 0 Å². The fraction of sp³-hybridized carbons (Fsp3) is 0.827. The Morgan fingerprint density at radius 1 is 0.548 bits per heavy atom. The van der Waals surface area contributed by atoms with Gasteiger partial charge in [0.15, 0.2) is 6.29 Å². The Kier molecular flexibility index (Phi) is 39.2. The van der Waals surface area contributed by atoms with E-state index >= 15 is 0 Å². The molecule has 0 bridgehead atoms. The number of allylic oxidation sites excluding steroid dienone is 7. The van der Waals surface area contributed by atoms with Gasteiger partial charge in [0.2, 0.25) is 5.91 Å². The van der Waals surface area contributed by atoms with Crippen molar-refractivity contribution in [2.75, 3.05) is 13.2 Å². The maximum absolute atomic E-state index is 13.1. The molecule has 8 unspecified atom stereocenters. The van der Waals surface area contributed by atoms with Crippen molar-refractivity contribution in [3.05, 3.63) is 48.6 Å². The highest BCUT2D eigenvalue weighted by Gasteiger charge is 2.44. The molecule has 0 radical (unpaired) electrons. The first-order valence-corrected chi connectivity index (χ1v) is 25.5. The predicted octanol–water partition coefficient (Wildman–Crippen LogP) is 10.4. The second-order valence-electron chi connectivity index (χ2n) is 17.7. The zero-order valence-electron chi connectivity index (χ0n) is 39.5. The van der Waals surface area contributed by atoms with Crippen molar-refractivity contribution in [1.29, 1.82) is 0 Å². The Balaban J connectivity index is 2.29. The number of ether oxygens (including phenoxy) is 2. The molecular weight excluding hydrogens is 783 g/mol. The van der Waals surface area contributed by atoms with Crippen LogP contribution in [0.25, 0.3) is 0 Å². The van der Waals surface area contributed by atoms with Crippen molar-refractivity contribution >= 4 is 5.91 Å². The lowest BCUT2D eigenvalue weighted by Crippen LogP contribution is -2.60. The highest BCUT2D eigenvalue weighted by atomic mass is 16.7. The van der Waals surface area contributed by atoms with Crippen LogP contribution in [0.1, 0.15) is 213 Å². The van der Waals surface area contributed by atoms with Gasteiger partial charge in [-0.15, -0.1) is 0 Å². The molecule has 10 nitrogen and oxygen atoms in total. The van der Waals surface area contributed by atoms with Crippen molar-refractivity contribution in [2.24, 2.45) is 0 Å². The molecular formula is C52H95NO9. The fourth-order valence-electron chi connectivity index (χ4n) is 7.76. The van der Waals surface area contributed by atoms with Crippen molar-refractivity contribution in [2.45, 2.75) is 262 Å². The number of unbranched alkanes of at least 4 members (excludes halogenated alkanes) is 25. The molecule has 0 aliphatic carbocycles. The predicted molar refractivity (Wildman–Crippen MR) is 255 cm³/mol. The Bertz CT molecular complexity index is 1130. The number of hydrogen-bond acceptors (Lipinski definition) is 9. The average molecular weight is 878 g/mol. The van der Waals surface area contributed by atoms with E-state index < -0.39 is 61.5 Å². The van der Waals surface area contributed by atoms with E-state index in [0.29, 0.717) is 19.3 Å². The molecule has 1 saturated heterocycles. The number of hydrogen-bond donors (Lipinski definition) is 7. The summed E-state index contributed by atoms with van der Waals surface area (Å²) in [6, 6.07) is -1.00. The highest BCUT2D eigenvalue weighted by molar-refractivity contribution is 5.80. The van der Waals surface area contributed by atoms with Crippen molar-refractivity contribution in [3.8, 4) is 0 Å². The summed E-state index contributed by atoms with van der Waals surface area (Å²) in [5.41, 5.74) is 0. The third-order valence-corrected chi connectivity index (χ3v) is 12.0. The van der Waals surface area contributed by atoms with E-state index in [2.05, 4.69) is 55.6 Å². The average Bonchev–Trinajstić information content (AvgIpc) is 3.27. The van der Waals surface area contributed by atoms with Gasteiger partial charge in [-0.25, -0.2) is 0 Å². The summed E-state index contributed by atoms with van der Waals surface area (Å²) < 4.78 is 11.1. The standard InChI is InChI=1S/C52H95NO9/c1-3-5-7-9-11-13-15-17-18-19-20-21-22-23-24-25-26-27-28-29-31-33-35-37-39-41-46(56)51(60)53-44(43-61-52-50(59)49(58)48(57)47(42-54)62-52)45(55)40-38-36-34-32-30-16-14-12-10-8-6-4-2/h10,12,23-24,30,32,38,40,44-50,52,54-59H,3-9,11,13-22,25-29,31,33-37,39,41-43H2,1-2H3,(H,53,60)/b12-10+,24-23-,32-30+,40-38+. The van der Waals surface area contributed by atoms with Gasteiger partial charge in [-0.05, 0) is 64.2 Å². The van der Waals surface area contributed by atoms with Crippen LogP contribution in [0.5, 0.6) is 0 Å². The fourth-order valence-corrected chi connectivity index (χ4v) is 7.76. The smallest absolute Gasteiger partial charge is 0.249 e. The molecule has 1 fully saturated rings. The molecule has 1 amide bonds. The number of rotatable bonds is 42. The van der Waals surface area contributed by atoms with Crippen LogP contribution in [-0.2, 0) is 14.3 Å². The molecule has 1 aliphatic heterocycles. The Hall–Kier alpha value is -1.89. The van der Waals surface area contributed by atoms with Crippen LogP contribution >= 0.6 is 0 Å². The lowest BCUT2D eigenvalue weighted by molar-refractivity contribution is -0.302. The number of carbonyl (C=O) groups excluding carboxylic acids is 1. The van der Waals surface area contributed by atoms with Gasteiger partial charge in [-0.1, -0.05) is 197 Å². The minimum atomic E-state index is -1.62. The van der Waals surface area contributed by atoms with E-state index in [0.717, 1.165) is 44.9 Å². The summed E-state index contributed by atoms with van der Waals surface area (Å²) in [6.45, 7) is 3.54. The normalized spacial score (nSPS) is 21.2. The molecule has 0 aromatic carbocycles. The molecule has 8 atom stereocenters. The molecule has 0 aromatic heterocycles. The third-order valence-electron chi connectivity index (χ3n) is 12.0. The molecule has 1 aliphatic rings. The number of nitrogens with one attached hydrogen (secondary N) is 1. The molecule has 7 N–H and O–H groups in total. The summed E-state index contributed by atoms with van der Waals surface area (Å²) in [5.74, 6) is -0.634. The first-order valence-electron chi connectivity index (χ1n) is 25.5. The minimum Gasteiger partial charge on any atom is -0.394 e. The second-order valence-corrected chi connectivity index (χ2v) is 17.7. The molecule has 0 saturated carbocycles. The first kappa shape index (κ1) is 58.1. The van der Waals surface area contributed by atoms with Crippen LogP contribution in [0.4, 0.5) is 0 Å². The van der Waals surface area contributed by atoms with Gasteiger partial charge in [-0.3, -0.25) is 4.79 Å². The second kappa shape index (κ2) is 41.8. The maximum Gasteiger partial charge on any atom is 0.249 e.